The fourth-order valence-electron chi connectivity index (χ4n) is 2.88. The Balaban J connectivity index is 2.17. The van der Waals surface area contributed by atoms with Gasteiger partial charge in [-0.05, 0) is 42.7 Å². The molecule has 0 bridgehead atoms. The largest absolute Gasteiger partial charge is 0.495 e. The van der Waals surface area contributed by atoms with Crippen LogP contribution in [-0.4, -0.2) is 34.5 Å². The number of nitrogens with zero attached hydrogens (tertiary/aromatic N) is 1. The van der Waals surface area contributed by atoms with Crippen LogP contribution in [0.4, 0.5) is 5.69 Å². The van der Waals surface area contributed by atoms with E-state index in [1.54, 1.807) is 23.1 Å². The fourth-order valence-corrected chi connectivity index (χ4v) is 4.16. The molecule has 0 atom stereocenters. The second-order valence-electron chi connectivity index (χ2n) is 6.21. The van der Waals surface area contributed by atoms with Gasteiger partial charge in [-0.3, -0.25) is 4.79 Å². The number of nitrogens with one attached hydrogen (secondary N) is 1. The molecular weight excluding hydrogens is 364 g/mol. The maximum Gasteiger partial charge on any atom is 0.244 e. The highest BCUT2D eigenvalue weighted by Crippen LogP contribution is 2.25. The number of amides is 1. The van der Waals surface area contributed by atoms with Gasteiger partial charge in [0, 0.05) is 25.7 Å². The molecule has 0 aromatic heterocycles. The molecule has 0 aliphatic heterocycles. The average molecular weight is 391 g/mol. The number of anilines is 1. The number of rotatable bonds is 8. The lowest BCUT2D eigenvalue weighted by Gasteiger charge is -2.24. The molecule has 0 unspecified atom stereocenters. The van der Waals surface area contributed by atoms with E-state index in [2.05, 4.69) is 4.72 Å². The minimum absolute atomic E-state index is 0.0910. The first-order valence-corrected chi connectivity index (χ1v) is 10.3. The van der Waals surface area contributed by atoms with Gasteiger partial charge in [0.15, 0.2) is 0 Å². The van der Waals surface area contributed by atoms with Gasteiger partial charge in [0.1, 0.15) is 10.6 Å². The van der Waals surface area contributed by atoms with E-state index in [-0.39, 0.29) is 29.6 Å². The minimum Gasteiger partial charge on any atom is -0.495 e. The number of carbonyl (C=O) groups excluding carboxylic acids is 1. The molecule has 6 nitrogen and oxygen atoms in total. The molecular formula is C20H26N2O4S. The van der Waals surface area contributed by atoms with E-state index < -0.39 is 10.0 Å². The van der Waals surface area contributed by atoms with Crippen molar-refractivity contribution in [2.45, 2.75) is 32.1 Å². The minimum atomic E-state index is -3.76. The summed E-state index contributed by atoms with van der Waals surface area (Å²) in [4.78, 5) is 13.8. The van der Waals surface area contributed by atoms with Crippen molar-refractivity contribution in [1.82, 2.24) is 4.72 Å². The molecule has 0 spiro atoms. The number of benzene rings is 2. The van der Waals surface area contributed by atoms with E-state index in [4.69, 9.17) is 4.74 Å². The molecule has 2 aromatic rings. The first-order chi connectivity index (χ1) is 12.8. The predicted octanol–water partition coefficient (Wildman–Crippen LogP) is 2.90. The summed E-state index contributed by atoms with van der Waals surface area (Å²) in [5.41, 5.74) is 2.66. The van der Waals surface area contributed by atoms with Crippen molar-refractivity contribution in [1.29, 1.82) is 0 Å². The van der Waals surface area contributed by atoms with Gasteiger partial charge >= 0.3 is 0 Å². The number of ether oxygens (including phenoxy) is 1. The van der Waals surface area contributed by atoms with E-state index in [0.29, 0.717) is 0 Å². The number of sulfonamides is 1. The molecule has 7 heteroatoms. The Labute approximate surface area is 161 Å². The summed E-state index contributed by atoms with van der Waals surface area (Å²) in [6.45, 7) is 5.64. The number of aryl methyl sites for hydroxylation is 2. The first-order valence-electron chi connectivity index (χ1n) is 8.80. The molecule has 1 amide bonds. The van der Waals surface area contributed by atoms with Crippen molar-refractivity contribution in [2.75, 3.05) is 25.1 Å². The van der Waals surface area contributed by atoms with Crippen molar-refractivity contribution in [3.63, 3.8) is 0 Å². The van der Waals surface area contributed by atoms with Crippen molar-refractivity contribution >= 4 is 21.6 Å². The summed E-state index contributed by atoms with van der Waals surface area (Å²) in [5, 5.41) is 0. The molecule has 0 aliphatic rings. The first kappa shape index (κ1) is 20.9. The molecule has 2 rings (SSSR count). The highest BCUT2D eigenvalue weighted by atomic mass is 32.2. The van der Waals surface area contributed by atoms with Gasteiger partial charge < -0.3 is 9.64 Å². The zero-order chi connectivity index (χ0) is 20.0. The molecule has 0 saturated carbocycles. The monoisotopic (exact) mass is 390 g/mol. The van der Waals surface area contributed by atoms with Gasteiger partial charge in [0.25, 0.3) is 0 Å². The molecule has 27 heavy (non-hydrogen) atoms. The summed E-state index contributed by atoms with van der Waals surface area (Å²) in [7, 11) is -2.32. The zero-order valence-electron chi connectivity index (χ0n) is 16.2. The molecule has 0 heterocycles. The number of para-hydroxylation sites is 1. The quantitative estimate of drug-likeness (QED) is 0.752. The van der Waals surface area contributed by atoms with Gasteiger partial charge in [-0.25, -0.2) is 13.1 Å². The molecule has 146 valence electrons. The summed E-state index contributed by atoms with van der Waals surface area (Å²) in [6.07, 6.45) is 0.784. The Kier molecular flexibility index (Phi) is 6.98. The molecule has 0 aliphatic carbocycles. The SMILES string of the molecule is CCc1ccccc1N(CCNS(=O)(=O)c1cc(C)ccc1OC)C(C)=O. The lowest BCUT2D eigenvalue weighted by atomic mass is 10.1. The van der Waals surface area contributed by atoms with Crippen LogP contribution in [0.3, 0.4) is 0 Å². The Morgan fingerprint density at radius 2 is 1.89 bits per heavy atom. The Morgan fingerprint density at radius 1 is 1.19 bits per heavy atom. The normalized spacial score (nSPS) is 11.3. The third-order valence-corrected chi connectivity index (χ3v) is 5.76. The van der Waals surface area contributed by atoms with Gasteiger partial charge in [0.05, 0.1) is 7.11 Å². The van der Waals surface area contributed by atoms with Crippen LogP contribution in [0.25, 0.3) is 0 Å². The van der Waals surface area contributed by atoms with Crippen molar-refractivity contribution < 1.29 is 17.9 Å². The van der Waals surface area contributed by atoms with E-state index >= 15 is 0 Å². The predicted molar refractivity (Wildman–Crippen MR) is 107 cm³/mol. The topological polar surface area (TPSA) is 75.7 Å². The van der Waals surface area contributed by atoms with Crippen LogP contribution in [0.1, 0.15) is 25.0 Å². The van der Waals surface area contributed by atoms with Crippen LogP contribution in [0.15, 0.2) is 47.4 Å². The lowest BCUT2D eigenvalue weighted by molar-refractivity contribution is -0.116. The van der Waals surface area contributed by atoms with Crippen molar-refractivity contribution in [2.24, 2.45) is 0 Å². The highest BCUT2D eigenvalue weighted by molar-refractivity contribution is 7.89. The smallest absolute Gasteiger partial charge is 0.244 e. The molecule has 1 N–H and O–H groups in total. The maximum atomic E-state index is 12.7. The van der Waals surface area contributed by atoms with Gasteiger partial charge in [-0.2, -0.15) is 0 Å². The van der Waals surface area contributed by atoms with Gasteiger partial charge in [-0.15, -0.1) is 0 Å². The van der Waals surface area contributed by atoms with Crippen LogP contribution < -0.4 is 14.4 Å². The van der Waals surface area contributed by atoms with Crippen molar-refractivity contribution in [3.05, 3.63) is 53.6 Å². The molecule has 0 fully saturated rings. The van der Waals surface area contributed by atoms with Gasteiger partial charge in [0.2, 0.25) is 15.9 Å². The molecule has 0 radical (unpaired) electrons. The second-order valence-corrected chi connectivity index (χ2v) is 7.94. The van der Waals surface area contributed by atoms with E-state index in [1.165, 1.54) is 14.0 Å². The standard InChI is InChI=1S/C20H26N2O4S/c1-5-17-8-6-7-9-18(17)22(16(3)23)13-12-21-27(24,25)20-14-15(2)10-11-19(20)26-4/h6-11,14,21H,5,12-13H2,1-4H3. The van der Waals surface area contributed by atoms with Crippen LogP contribution in [-0.2, 0) is 21.2 Å². The van der Waals surface area contributed by atoms with E-state index in [0.717, 1.165) is 23.2 Å². The number of carbonyl (C=O) groups is 1. The third-order valence-electron chi connectivity index (χ3n) is 4.28. The second kappa shape index (κ2) is 9.01. The number of methoxy groups -OCH3 is 1. The lowest BCUT2D eigenvalue weighted by Crippen LogP contribution is -2.38. The summed E-state index contributed by atoms with van der Waals surface area (Å²) < 4.78 is 33.1. The molecule has 0 saturated heterocycles. The van der Waals surface area contributed by atoms with E-state index in [1.807, 2.05) is 38.1 Å². The summed E-state index contributed by atoms with van der Waals surface area (Å²) in [6, 6.07) is 12.6. The Bertz CT molecular complexity index is 910. The molecule has 2 aromatic carbocycles. The number of hydrogen-bond donors (Lipinski definition) is 1. The van der Waals surface area contributed by atoms with Crippen LogP contribution in [0.2, 0.25) is 0 Å². The third kappa shape index (κ3) is 5.08. The van der Waals surface area contributed by atoms with Crippen LogP contribution in [0, 0.1) is 6.92 Å². The number of hydrogen-bond acceptors (Lipinski definition) is 4. The summed E-state index contributed by atoms with van der Waals surface area (Å²) >= 11 is 0. The van der Waals surface area contributed by atoms with Crippen LogP contribution in [0.5, 0.6) is 5.75 Å². The Hall–Kier alpha value is -2.38. The maximum absolute atomic E-state index is 12.7. The highest BCUT2D eigenvalue weighted by Gasteiger charge is 2.21. The Morgan fingerprint density at radius 3 is 2.52 bits per heavy atom. The van der Waals surface area contributed by atoms with Crippen molar-refractivity contribution in [3.8, 4) is 5.75 Å². The van der Waals surface area contributed by atoms with Crippen LogP contribution >= 0.6 is 0 Å². The zero-order valence-corrected chi connectivity index (χ0v) is 17.0. The van der Waals surface area contributed by atoms with Gasteiger partial charge in [-0.1, -0.05) is 31.2 Å². The van der Waals surface area contributed by atoms with E-state index in [9.17, 15) is 13.2 Å². The summed E-state index contributed by atoms with van der Waals surface area (Å²) in [5.74, 6) is 0.149. The average Bonchev–Trinajstić information content (AvgIpc) is 2.65. The fraction of sp³-hybridized carbons (Fsp3) is 0.350.